The van der Waals surface area contributed by atoms with Gasteiger partial charge < -0.3 is 10.1 Å². The van der Waals surface area contributed by atoms with Gasteiger partial charge in [-0.1, -0.05) is 30.3 Å². The van der Waals surface area contributed by atoms with Crippen molar-refractivity contribution in [3.63, 3.8) is 0 Å². The molecular weight excluding hydrogens is 344 g/mol. The van der Waals surface area contributed by atoms with E-state index < -0.39 is 0 Å². The van der Waals surface area contributed by atoms with Crippen LogP contribution in [0, 0.1) is 0 Å². The molecule has 27 heavy (non-hydrogen) atoms. The minimum absolute atomic E-state index is 0.127. The third-order valence-electron chi connectivity index (χ3n) is 4.41. The molecule has 0 unspecified atom stereocenters. The van der Waals surface area contributed by atoms with Crippen molar-refractivity contribution in [3.8, 4) is 5.75 Å². The first-order valence-electron chi connectivity index (χ1n) is 9.04. The van der Waals surface area contributed by atoms with E-state index in [-0.39, 0.29) is 30.7 Å². The van der Waals surface area contributed by atoms with E-state index in [0.717, 1.165) is 11.3 Å². The first kappa shape index (κ1) is 18.6. The normalized spacial score (nSPS) is 12.9. The molecule has 6 heteroatoms. The molecule has 1 heterocycles. The molecule has 0 aromatic heterocycles. The van der Waals surface area contributed by atoms with Gasteiger partial charge in [0.1, 0.15) is 5.75 Å². The molecule has 0 bridgehead atoms. The van der Waals surface area contributed by atoms with Gasteiger partial charge in [-0.2, -0.15) is 0 Å². The van der Waals surface area contributed by atoms with Gasteiger partial charge in [0.25, 0.3) is 11.8 Å². The second-order valence-electron chi connectivity index (χ2n) is 6.23. The summed E-state index contributed by atoms with van der Waals surface area (Å²) < 4.78 is 5.54. The number of amides is 3. The summed E-state index contributed by atoms with van der Waals surface area (Å²) >= 11 is 0. The summed E-state index contributed by atoms with van der Waals surface area (Å²) in [6.07, 6.45) is 0.661. The molecule has 1 N–H and O–H groups in total. The number of carbonyl (C=O) groups is 3. The van der Waals surface area contributed by atoms with Gasteiger partial charge in [0, 0.05) is 25.1 Å². The van der Waals surface area contributed by atoms with E-state index in [9.17, 15) is 14.4 Å². The van der Waals surface area contributed by atoms with Crippen LogP contribution in [0.5, 0.6) is 5.75 Å². The predicted octanol–water partition coefficient (Wildman–Crippen LogP) is 2.78. The smallest absolute Gasteiger partial charge is 0.261 e. The number of benzene rings is 2. The summed E-state index contributed by atoms with van der Waals surface area (Å²) in [5.74, 6) is 0.0486. The SMILES string of the molecule is CCOc1ccccc1CNC(=O)CCCN1C(=O)c2ccccc2C1=O. The molecule has 3 amide bonds. The fourth-order valence-corrected chi connectivity index (χ4v) is 3.07. The van der Waals surface area contributed by atoms with Gasteiger partial charge in [0.15, 0.2) is 0 Å². The minimum Gasteiger partial charge on any atom is -0.494 e. The van der Waals surface area contributed by atoms with E-state index in [1.54, 1.807) is 24.3 Å². The zero-order valence-electron chi connectivity index (χ0n) is 15.2. The van der Waals surface area contributed by atoms with Crippen LogP contribution in [0.15, 0.2) is 48.5 Å². The Labute approximate surface area is 158 Å². The number of hydrogen-bond acceptors (Lipinski definition) is 4. The molecule has 3 rings (SSSR count). The van der Waals surface area contributed by atoms with E-state index in [1.165, 1.54) is 4.90 Å². The highest BCUT2D eigenvalue weighted by Crippen LogP contribution is 2.22. The lowest BCUT2D eigenvalue weighted by Gasteiger charge is -2.14. The van der Waals surface area contributed by atoms with Crippen molar-refractivity contribution < 1.29 is 19.1 Å². The van der Waals surface area contributed by atoms with E-state index in [2.05, 4.69) is 5.32 Å². The first-order chi connectivity index (χ1) is 13.1. The highest BCUT2D eigenvalue weighted by Gasteiger charge is 2.34. The van der Waals surface area contributed by atoms with Gasteiger partial charge in [-0.25, -0.2) is 0 Å². The lowest BCUT2D eigenvalue weighted by Crippen LogP contribution is -2.32. The van der Waals surface area contributed by atoms with Crippen molar-refractivity contribution in [2.24, 2.45) is 0 Å². The van der Waals surface area contributed by atoms with Gasteiger partial charge in [-0.05, 0) is 31.5 Å². The van der Waals surface area contributed by atoms with Gasteiger partial charge in [-0.3, -0.25) is 19.3 Å². The standard InChI is InChI=1S/C21H22N2O4/c1-2-27-18-11-6-3-8-15(18)14-22-19(24)12-7-13-23-20(25)16-9-4-5-10-17(16)21(23)26/h3-6,8-11H,2,7,12-14H2,1H3,(H,22,24). The Bertz CT molecular complexity index is 828. The van der Waals surface area contributed by atoms with Crippen LogP contribution in [0.2, 0.25) is 0 Å². The van der Waals surface area contributed by atoms with Crippen molar-refractivity contribution >= 4 is 17.7 Å². The Balaban J connectivity index is 1.47. The molecular formula is C21H22N2O4. The van der Waals surface area contributed by atoms with Crippen molar-refractivity contribution in [3.05, 3.63) is 65.2 Å². The van der Waals surface area contributed by atoms with E-state index >= 15 is 0 Å². The molecule has 0 spiro atoms. The Kier molecular flexibility index (Phi) is 5.86. The molecule has 0 atom stereocenters. The number of ether oxygens (including phenoxy) is 1. The average Bonchev–Trinajstić information content (AvgIpc) is 2.93. The number of fused-ring (bicyclic) bond motifs is 1. The summed E-state index contributed by atoms with van der Waals surface area (Å²) in [4.78, 5) is 37.9. The van der Waals surface area contributed by atoms with Crippen LogP contribution in [-0.2, 0) is 11.3 Å². The minimum atomic E-state index is -0.290. The van der Waals surface area contributed by atoms with E-state index in [0.29, 0.717) is 30.7 Å². The predicted molar refractivity (Wildman–Crippen MR) is 101 cm³/mol. The highest BCUT2D eigenvalue weighted by atomic mass is 16.5. The van der Waals surface area contributed by atoms with Crippen LogP contribution in [0.1, 0.15) is 46.0 Å². The lowest BCUT2D eigenvalue weighted by molar-refractivity contribution is -0.121. The molecule has 2 aromatic carbocycles. The maximum atomic E-state index is 12.3. The number of rotatable bonds is 8. The van der Waals surface area contributed by atoms with Crippen LogP contribution in [0.25, 0.3) is 0 Å². The molecule has 0 radical (unpaired) electrons. The van der Waals surface area contributed by atoms with E-state index in [4.69, 9.17) is 4.74 Å². The largest absolute Gasteiger partial charge is 0.494 e. The molecule has 1 aliphatic rings. The summed E-state index contributed by atoms with van der Waals surface area (Å²) in [6, 6.07) is 14.3. The van der Waals surface area contributed by atoms with Crippen molar-refractivity contribution in [2.75, 3.05) is 13.2 Å². The zero-order chi connectivity index (χ0) is 19.2. The van der Waals surface area contributed by atoms with Gasteiger partial charge in [0.2, 0.25) is 5.91 Å². The number of carbonyl (C=O) groups excluding carboxylic acids is 3. The fraction of sp³-hybridized carbons (Fsp3) is 0.286. The molecule has 0 saturated heterocycles. The summed E-state index contributed by atoms with van der Waals surface area (Å²) in [5.41, 5.74) is 1.77. The third kappa shape index (κ3) is 4.16. The maximum absolute atomic E-state index is 12.3. The third-order valence-corrected chi connectivity index (χ3v) is 4.41. The average molecular weight is 366 g/mol. The molecule has 0 aliphatic carbocycles. The second kappa shape index (κ2) is 8.49. The molecule has 0 saturated carbocycles. The molecule has 2 aromatic rings. The fourth-order valence-electron chi connectivity index (χ4n) is 3.07. The topological polar surface area (TPSA) is 75.7 Å². The van der Waals surface area contributed by atoms with Crippen molar-refractivity contribution in [1.29, 1.82) is 0 Å². The highest BCUT2D eigenvalue weighted by molar-refractivity contribution is 6.21. The Morgan fingerprint density at radius 3 is 2.30 bits per heavy atom. The second-order valence-corrected chi connectivity index (χ2v) is 6.23. The van der Waals surface area contributed by atoms with Crippen LogP contribution >= 0.6 is 0 Å². The number of hydrogen-bond donors (Lipinski definition) is 1. The van der Waals surface area contributed by atoms with Crippen molar-refractivity contribution in [2.45, 2.75) is 26.3 Å². The quantitative estimate of drug-likeness (QED) is 0.729. The summed E-state index contributed by atoms with van der Waals surface area (Å²) in [6.45, 7) is 3.08. The summed E-state index contributed by atoms with van der Waals surface area (Å²) in [7, 11) is 0. The molecule has 6 nitrogen and oxygen atoms in total. The first-order valence-corrected chi connectivity index (χ1v) is 9.04. The van der Waals surface area contributed by atoms with Crippen LogP contribution in [0.4, 0.5) is 0 Å². The Morgan fingerprint density at radius 1 is 1.00 bits per heavy atom. The lowest BCUT2D eigenvalue weighted by atomic mass is 10.1. The van der Waals surface area contributed by atoms with E-state index in [1.807, 2.05) is 31.2 Å². The van der Waals surface area contributed by atoms with Crippen LogP contribution in [0.3, 0.4) is 0 Å². The number of nitrogens with one attached hydrogen (secondary N) is 1. The van der Waals surface area contributed by atoms with Crippen molar-refractivity contribution in [1.82, 2.24) is 10.2 Å². The maximum Gasteiger partial charge on any atom is 0.261 e. The summed E-state index contributed by atoms with van der Waals surface area (Å²) in [5, 5.41) is 2.86. The molecule has 140 valence electrons. The molecule has 0 fully saturated rings. The number of imide groups is 1. The Hall–Kier alpha value is -3.15. The van der Waals surface area contributed by atoms with Gasteiger partial charge in [-0.15, -0.1) is 0 Å². The van der Waals surface area contributed by atoms with Crippen LogP contribution < -0.4 is 10.1 Å². The van der Waals surface area contributed by atoms with Gasteiger partial charge in [0.05, 0.1) is 17.7 Å². The Morgan fingerprint density at radius 2 is 1.63 bits per heavy atom. The molecule has 1 aliphatic heterocycles. The number of nitrogens with zero attached hydrogens (tertiary/aromatic N) is 1. The van der Waals surface area contributed by atoms with Crippen LogP contribution in [-0.4, -0.2) is 35.8 Å². The monoisotopic (exact) mass is 366 g/mol. The van der Waals surface area contributed by atoms with Gasteiger partial charge >= 0.3 is 0 Å². The number of para-hydroxylation sites is 1. The zero-order valence-corrected chi connectivity index (χ0v) is 15.2.